The van der Waals surface area contributed by atoms with Gasteiger partial charge in [-0.1, -0.05) is 24.6 Å². The van der Waals surface area contributed by atoms with Gasteiger partial charge in [-0.25, -0.2) is 0 Å². The lowest BCUT2D eigenvalue weighted by Crippen LogP contribution is -2.25. The van der Waals surface area contributed by atoms with E-state index in [9.17, 15) is 13.6 Å². The number of alkyl halides is 2. The summed E-state index contributed by atoms with van der Waals surface area (Å²) >= 11 is 6.29. The minimum atomic E-state index is -3.70. The summed E-state index contributed by atoms with van der Waals surface area (Å²) in [4.78, 5) is 12.5. The first-order chi connectivity index (χ1) is 13.8. The Morgan fingerprint density at radius 2 is 1.90 bits per heavy atom. The van der Waals surface area contributed by atoms with Crippen molar-refractivity contribution < 1.29 is 23.0 Å². The van der Waals surface area contributed by atoms with Crippen molar-refractivity contribution in [2.45, 2.75) is 19.6 Å². The van der Waals surface area contributed by atoms with Crippen LogP contribution in [0.4, 0.5) is 14.5 Å². The zero-order valence-electron chi connectivity index (χ0n) is 15.6. The Morgan fingerprint density at radius 3 is 2.55 bits per heavy atom. The molecular weight excluding hydrogens is 402 g/mol. The van der Waals surface area contributed by atoms with E-state index in [1.165, 1.54) is 12.1 Å². The summed E-state index contributed by atoms with van der Waals surface area (Å²) in [5.41, 5.74) is 3.33. The minimum absolute atomic E-state index is 0.0754. The van der Waals surface area contributed by atoms with Gasteiger partial charge in [0, 0.05) is 30.6 Å². The molecule has 1 aliphatic rings. The van der Waals surface area contributed by atoms with Crippen LogP contribution in [-0.4, -0.2) is 16.8 Å². The maximum absolute atomic E-state index is 13.3. The van der Waals surface area contributed by atoms with Crippen LogP contribution in [0.3, 0.4) is 0 Å². The molecule has 0 saturated heterocycles. The fraction of sp³-hybridized carbons (Fsp3) is 0.190. The summed E-state index contributed by atoms with van der Waals surface area (Å²) in [5, 5.41) is 3.17. The van der Waals surface area contributed by atoms with Crippen LogP contribution in [0, 0.1) is 0 Å². The molecule has 0 unspecified atom stereocenters. The maximum Gasteiger partial charge on any atom is 0.586 e. The number of hydrogen-bond donors (Lipinski definition) is 1. The van der Waals surface area contributed by atoms with Gasteiger partial charge in [0.05, 0.1) is 5.02 Å². The molecule has 0 saturated carbocycles. The second-order valence-electron chi connectivity index (χ2n) is 6.63. The van der Waals surface area contributed by atoms with Gasteiger partial charge in [-0.15, -0.1) is 8.78 Å². The lowest BCUT2D eigenvalue weighted by molar-refractivity contribution is -0.286. The second-order valence-corrected chi connectivity index (χ2v) is 7.04. The Kier molecular flexibility index (Phi) is 4.70. The zero-order valence-corrected chi connectivity index (χ0v) is 16.4. The van der Waals surface area contributed by atoms with E-state index in [0.29, 0.717) is 28.9 Å². The summed E-state index contributed by atoms with van der Waals surface area (Å²) in [5.74, 6) is -0.400. The van der Waals surface area contributed by atoms with Crippen molar-refractivity contribution in [3.8, 4) is 22.6 Å². The molecule has 0 bridgehead atoms. The molecule has 1 aliphatic heterocycles. The number of rotatable bonds is 4. The first-order valence-electron chi connectivity index (χ1n) is 8.93. The number of aryl methyl sites for hydroxylation is 2. The fourth-order valence-electron chi connectivity index (χ4n) is 3.25. The molecule has 8 heteroatoms. The van der Waals surface area contributed by atoms with E-state index in [1.54, 1.807) is 42.1 Å². The predicted octanol–water partition coefficient (Wildman–Crippen LogP) is 5.48. The van der Waals surface area contributed by atoms with Crippen molar-refractivity contribution in [1.82, 2.24) is 4.57 Å². The average molecular weight is 419 g/mol. The Balaban J connectivity index is 1.66. The number of ether oxygens (including phenoxy) is 2. The second kappa shape index (κ2) is 7.08. The van der Waals surface area contributed by atoms with E-state index in [2.05, 4.69) is 14.8 Å². The molecule has 1 aromatic heterocycles. The van der Waals surface area contributed by atoms with Crippen LogP contribution in [0.2, 0.25) is 5.02 Å². The third kappa shape index (κ3) is 3.65. The van der Waals surface area contributed by atoms with Crippen LogP contribution >= 0.6 is 11.6 Å². The molecule has 1 amide bonds. The van der Waals surface area contributed by atoms with Crippen molar-refractivity contribution in [3.63, 3.8) is 0 Å². The highest BCUT2D eigenvalue weighted by molar-refractivity contribution is 6.33. The van der Waals surface area contributed by atoms with Crippen LogP contribution in [0.5, 0.6) is 11.5 Å². The molecule has 0 radical (unpaired) electrons. The number of nitrogens with zero attached hydrogens (tertiary/aromatic N) is 1. The molecule has 0 fully saturated rings. The van der Waals surface area contributed by atoms with Gasteiger partial charge in [0.2, 0.25) is 0 Å². The summed E-state index contributed by atoms with van der Waals surface area (Å²) in [6.45, 7) is 1.96. The highest BCUT2D eigenvalue weighted by Crippen LogP contribution is 2.46. The minimum Gasteiger partial charge on any atom is -0.395 e. The van der Waals surface area contributed by atoms with Crippen LogP contribution < -0.4 is 14.8 Å². The van der Waals surface area contributed by atoms with Gasteiger partial charge in [-0.3, -0.25) is 4.79 Å². The fourth-order valence-corrected chi connectivity index (χ4v) is 3.51. The number of aromatic nitrogens is 1. The van der Waals surface area contributed by atoms with Crippen LogP contribution in [-0.2, 0) is 13.5 Å². The van der Waals surface area contributed by atoms with E-state index in [-0.39, 0.29) is 22.4 Å². The van der Waals surface area contributed by atoms with Gasteiger partial charge in [0.1, 0.15) is 5.69 Å². The zero-order chi connectivity index (χ0) is 20.8. The van der Waals surface area contributed by atoms with E-state index in [0.717, 1.165) is 5.56 Å². The molecule has 0 atom stereocenters. The number of carbonyl (C=O) groups excluding carboxylic acids is 1. The van der Waals surface area contributed by atoms with Crippen LogP contribution in [0.15, 0.2) is 48.7 Å². The van der Waals surface area contributed by atoms with E-state index >= 15 is 0 Å². The van der Waals surface area contributed by atoms with Crippen molar-refractivity contribution in [2.24, 2.45) is 7.05 Å². The third-order valence-corrected chi connectivity index (χ3v) is 5.03. The molecule has 2 heterocycles. The van der Waals surface area contributed by atoms with Gasteiger partial charge in [-0.05, 0) is 47.9 Å². The topological polar surface area (TPSA) is 52.5 Å². The van der Waals surface area contributed by atoms with Gasteiger partial charge < -0.3 is 19.4 Å². The molecular formula is C21H17ClF2N2O3. The molecule has 29 heavy (non-hydrogen) atoms. The van der Waals surface area contributed by atoms with Gasteiger partial charge in [0.25, 0.3) is 5.91 Å². The molecule has 4 rings (SSSR count). The third-order valence-electron chi connectivity index (χ3n) is 4.71. The number of nitrogens with one attached hydrogen (secondary N) is 1. The van der Waals surface area contributed by atoms with E-state index < -0.39 is 6.29 Å². The van der Waals surface area contributed by atoms with E-state index in [1.807, 2.05) is 13.0 Å². The smallest absolute Gasteiger partial charge is 0.395 e. The Bertz CT molecular complexity index is 1110. The maximum atomic E-state index is 13.3. The lowest BCUT2D eigenvalue weighted by atomic mass is 10.00. The van der Waals surface area contributed by atoms with Crippen molar-refractivity contribution in [2.75, 3.05) is 5.32 Å². The Morgan fingerprint density at radius 1 is 1.17 bits per heavy atom. The first kappa shape index (κ1) is 19.3. The first-order valence-corrected chi connectivity index (χ1v) is 9.30. The molecule has 1 N–H and O–H groups in total. The number of hydrogen-bond acceptors (Lipinski definition) is 3. The van der Waals surface area contributed by atoms with Crippen LogP contribution in [0.1, 0.15) is 23.0 Å². The van der Waals surface area contributed by atoms with Crippen LogP contribution in [0.25, 0.3) is 11.1 Å². The molecule has 2 aromatic carbocycles. The average Bonchev–Trinajstić information content (AvgIpc) is 3.22. The molecule has 150 valence electrons. The monoisotopic (exact) mass is 418 g/mol. The summed E-state index contributed by atoms with van der Waals surface area (Å²) < 4.78 is 37.3. The number of anilines is 1. The molecule has 3 aromatic rings. The van der Waals surface area contributed by atoms with Gasteiger partial charge in [-0.2, -0.15) is 0 Å². The molecule has 0 aliphatic carbocycles. The highest BCUT2D eigenvalue weighted by Gasteiger charge is 2.43. The normalized spacial score (nSPS) is 14.1. The Labute approximate surface area is 170 Å². The molecule has 0 spiro atoms. The largest absolute Gasteiger partial charge is 0.586 e. The van der Waals surface area contributed by atoms with Gasteiger partial charge in [0.15, 0.2) is 11.5 Å². The summed E-state index contributed by atoms with van der Waals surface area (Å²) in [7, 11) is 1.80. The lowest BCUT2D eigenvalue weighted by Gasteiger charge is -2.13. The van der Waals surface area contributed by atoms with E-state index in [4.69, 9.17) is 11.6 Å². The highest BCUT2D eigenvalue weighted by atomic mass is 35.5. The summed E-state index contributed by atoms with van der Waals surface area (Å²) in [6, 6.07) is 11.7. The SMILES string of the molecule is CCc1cc(-c2cc3c(cc2Cl)OC(F)(F)O3)ccc1NC(=O)c1cccn1C. The van der Waals surface area contributed by atoms with Gasteiger partial charge >= 0.3 is 6.29 Å². The standard InChI is InChI=1S/C21H17ClF2N2O3/c1-3-12-9-13(6-7-16(12)25-20(27)17-5-4-8-26(17)2)14-10-18-19(11-15(14)22)29-21(23,24)28-18/h4-11H,3H2,1-2H3,(H,25,27). The van der Waals surface area contributed by atoms with Crippen molar-refractivity contribution in [3.05, 3.63) is 64.9 Å². The predicted molar refractivity (Wildman–Crippen MR) is 106 cm³/mol. The van der Waals surface area contributed by atoms with Crippen molar-refractivity contribution in [1.29, 1.82) is 0 Å². The Hall–Kier alpha value is -3.06. The number of halogens is 3. The number of fused-ring (bicyclic) bond motifs is 1. The van der Waals surface area contributed by atoms with Crippen molar-refractivity contribution >= 4 is 23.2 Å². The number of benzene rings is 2. The quantitative estimate of drug-likeness (QED) is 0.610. The summed E-state index contributed by atoms with van der Waals surface area (Å²) in [6.07, 6.45) is -1.26. The number of carbonyl (C=O) groups is 1. The molecule has 5 nitrogen and oxygen atoms in total. The number of amides is 1.